The summed E-state index contributed by atoms with van der Waals surface area (Å²) in [4.78, 5) is 14.2. The van der Waals surface area contributed by atoms with Crippen LogP contribution in [-0.2, 0) is 6.18 Å². The van der Waals surface area contributed by atoms with Crippen molar-refractivity contribution in [1.82, 2.24) is 9.36 Å². The molecule has 0 unspecified atom stereocenters. The van der Waals surface area contributed by atoms with Gasteiger partial charge in [0, 0.05) is 23.3 Å². The van der Waals surface area contributed by atoms with E-state index in [4.69, 9.17) is 9.84 Å². The van der Waals surface area contributed by atoms with Gasteiger partial charge in [0.2, 0.25) is 11.0 Å². The molecule has 0 radical (unpaired) electrons. The van der Waals surface area contributed by atoms with Crippen molar-refractivity contribution in [1.29, 1.82) is 0 Å². The second-order valence-corrected chi connectivity index (χ2v) is 4.52. The first-order chi connectivity index (χ1) is 9.81. The maximum atomic E-state index is 12.4. The van der Waals surface area contributed by atoms with E-state index in [0.717, 1.165) is 0 Å². The van der Waals surface area contributed by atoms with Crippen LogP contribution in [0.5, 0.6) is 5.75 Å². The average molecular weight is 319 g/mol. The topological polar surface area (TPSA) is 84.3 Å². The molecule has 0 aliphatic heterocycles. The van der Waals surface area contributed by atoms with Crippen molar-refractivity contribution in [2.24, 2.45) is 0 Å². The Kier molecular flexibility index (Phi) is 3.98. The third-order valence-corrected chi connectivity index (χ3v) is 2.99. The van der Waals surface area contributed by atoms with Gasteiger partial charge in [-0.05, 0) is 12.1 Å². The molecule has 112 valence electrons. The van der Waals surface area contributed by atoms with Gasteiger partial charge in [-0.1, -0.05) is 0 Å². The molecular formula is C11H8F3N3O3S. The van der Waals surface area contributed by atoms with Crippen LogP contribution >= 0.6 is 11.5 Å². The Hall–Kier alpha value is -2.36. The molecule has 0 spiro atoms. The third kappa shape index (κ3) is 3.40. The summed E-state index contributed by atoms with van der Waals surface area (Å²) in [5.74, 6) is -2.33. The van der Waals surface area contributed by atoms with Crippen LogP contribution in [-0.4, -0.2) is 27.5 Å². The summed E-state index contributed by atoms with van der Waals surface area (Å²) in [6.07, 6.45) is -4.61. The molecule has 0 aliphatic carbocycles. The summed E-state index contributed by atoms with van der Waals surface area (Å²) < 4.78 is 45.2. The number of aromatic nitrogens is 2. The average Bonchev–Trinajstić information content (AvgIpc) is 2.86. The predicted octanol–water partition coefficient (Wildman–Crippen LogP) is 3.01. The number of hydrogen-bond donors (Lipinski definition) is 2. The zero-order chi connectivity index (χ0) is 15.6. The van der Waals surface area contributed by atoms with Crippen LogP contribution in [0.1, 0.15) is 16.2 Å². The number of nitrogens with zero attached hydrogens (tertiary/aromatic N) is 2. The molecule has 1 aromatic heterocycles. The third-order valence-electron chi connectivity index (χ3n) is 2.36. The molecule has 1 heterocycles. The molecule has 0 aliphatic rings. The number of benzene rings is 1. The molecule has 2 aromatic rings. The zero-order valence-corrected chi connectivity index (χ0v) is 11.2. The van der Waals surface area contributed by atoms with Crippen molar-refractivity contribution >= 4 is 28.3 Å². The zero-order valence-electron chi connectivity index (χ0n) is 10.4. The quantitative estimate of drug-likeness (QED) is 0.901. The number of carbonyl (C=O) groups is 1. The van der Waals surface area contributed by atoms with Crippen molar-refractivity contribution < 1.29 is 27.8 Å². The van der Waals surface area contributed by atoms with Crippen molar-refractivity contribution in [2.45, 2.75) is 6.18 Å². The van der Waals surface area contributed by atoms with Gasteiger partial charge in [-0.15, -0.1) is 0 Å². The molecule has 1 aromatic carbocycles. The van der Waals surface area contributed by atoms with E-state index in [9.17, 15) is 18.0 Å². The summed E-state index contributed by atoms with van der Waals surface area (Å²) >= 11 is 0.546. The molecule has 2 N–H and O–H groups in total. The molecule has 0 fully saturated rings. The molecule has 6 nitrogen and oxygen atoms in total. The van der Waals surface area contributed by atoms with Gasteiger partial charge in [-0.3, -0.25) is 0 Å². The number of carboxylic acids is 1. The van der Waals surface area contributed by atoms with E-state index in [1.165, 1.54) is 25.3 Å². The van der Waals surface area contributed by atoms with Crippen molar-refractivity contribution in [3.05, 3.63) is 29.6 Å². The minimum absolute atomic E-state index is 0.0590. The lowest BCUT2D eigenvalue weighted by molar-refractivity contribution is -0.144. The maximum Gasteiger partial charge on any atom is 0.452 e. The summed E-state index contributed by atoms with van der Waals surface area (Å²) in [6.45, 7) is 0. The highest BCUT2D eigenvalue weighted by Crippen LogP contribution is 2.31. The van der Waals surface area contributed by atoms with Gasteiger partial charge in [0.05, 0.1) is 7.11 Å². The van der Waals surface area contributed by atoms with E-state index in [-0.39, 0.29) is 16.4 Å². The van der Waals surface area contributed by atoms with Crippen molar-refractivity contribution in [2.75, 3.05) is 12.4 Å². The molecule has 21 heavy (non-hydrogen) atoms. The second kappa shape index (κ2) is 5.56. The molecule has 0 atom stereocenters. The van der Waals surface area contributed by atoms with E-state index >= 15 is 0 Å². The molecule has 0 bridgehead atoms. The number of methoxy groups -OCH3 is 1. The van der Waals surface area contributed by atoms with Crippen LogP contribution in [0, 0.1) is 0 Å². The largest absolute Gasteiger partial charge is 0.496 e. The second-order valence-electron chi connectivity index (χ2n) is 3.77. The van der Waals surface area contributed by atoms with Gasteiger partial charge >= 0.3 is 12.1 Å². The molecule has 0 saturated heterocycles. The van der Waals surface area contributed by atoms with Gasteiger partial charge in [-0.2, -0.15) is 22.5 Å². The standard InChI is InChI=1S/C11H8F3N3O3S/c1-20-7-4-5(2-3-6(7)8(18)19)15-10-16-9(17-21-10)11(12,13)14/h2-4H,1H3,(H,18,19)(H,15,16,17). The lowest BCUT2D eigenvalue weighted by atomic mass is 10.2. The Balaban J connectivity index is 2.24. The van der Waals surface area contributed by atoms with Gasteiger partial charge in [0.25, 0.3) is 0 Å². The Bertz CT molecular complexity index is 672. The molecule has 10 heteroatoms. The Labute approximate surface area is 120 Å². The van der Waals surface area contributed by atoms with E-state index in [2.05, 4.69) is 14.7 Å². The number of anilines is 2. The number of hydrogen-bond acceptors (Lipinski definition) is 6. The number of nitrogens with one attached hydrogen (secondary N) is 1. The fourth-order valence-electron chi connectivity index (χ4n) is 1.46. The van der Waals surface area contributed by atoms with E-state index in [1.54, 1.807) is 0 Å². The van der Waals surface area contributed by atoms with E-state index in [0.29, 0.717) is 17.2 Å². The van der Waals surface area contributed by atoms with Crippen LogP contribution in [0.4, 0.5) is 24.0 Å². The van der Waals surface area contributed by atoms with Gasteiger partial charge in [-0.25, -0.2) is 4.79 Å². The fourth-order valence-corrected chi connectivity index (χ4v) is 2.07. The van der Waals surface area contributed by atoms with Gasteiger partial charge < -0.3 is 15.2 Å². The first-order valence-electron chi connectivity index (χ1n) is 5.40. The summed E-state index contributed by atoms with van der Waals surface area (Å²) in [7, 11) is 1.29. The van der Waals surface area contributed by atoms with E-state index < -0.39 is 18.0 Å². The number of rotatable bonds is 4. The Morgan fingerprint density at radius 1 is 1.43 bits per heavy atom. The number of carboxylic acid groups (broad SMARTS) is 1. The monoisotopic (exact) mass is 319 g/mol. The number of ether oxygens (including phenoxy) is 1. The van der Waals surface area contributed by atoms with Gasteiger partial charge in [0.15, 0.2) is 0 Å². The Morgan fingerprint density at radius 2 is 2.14 bits per heavy atom. The minimum Gasteiger partial charge on any atom is -0.496 e. The lowest BCUT2D eigenvalue weighted by Gasteiger charge is -2.08. The SMILES string of the molecule is COc1cc(Nc2nc(C(F)(F)F)ns2)ccc1C(=O)O. The highest BCUT2D eigenvalue weighted by molar-refractivity contribution is 7.09. The van der Waals surface area contributed by atoms with E-state index in [1.807, 2.05) is 0 Å². The number of alkyl halides is 3. The van der Waals surface area contributed by atoms with Crippen LogP contribution < -0.4 is 10.1 Å². The fraction of sp³-hybridized carbons (Fsp3) is 0.182. The smallest absolute Gasteiger partial charge is 0.452 e. The van der Waals surface area contributed by atoms with Gasteiger partial charge in [0.1, 0.15) is 11.3 Å². The highest BCUT2D eigenvalue weighted by atomic mass is 32.1. The van der Waals surface area contributed by atoms with Crippen molar-refractivity contribution in [3.63, 3.8) is 0 Å². The maximum absolute atomic E-state index is 12.4. The summed E-state index contributed by atoms with van der Waals surface area (Å²) in [5, 5.41) is 11.5. The summed E-state index contributed by atoms with van der Waals surface area (Å²) in [6, 6.07) is 4.01. The van der Waals surface area contributed by atoms with Crippen LogP contribution in [0.25, 0.3) is 0 Å². The van der Waals surface area contributed by atoms with Crippen LogP contribution in [0.2, 0.25) is 0 Å². The number of aromatic carboxylic acids is 1. The predicted molar refractivity (Wildman–Crippen MR) is 68.1 cm³/mol. The molecular weight excluding hydrogens is 311 g/mol. The highest BCUT2D eigenvalue weighted by Gasteiger charge is 2.36. The Morgan fingerprint density at radius 3 is 2.67 bits per heavy atom. The normalized spacial score (nSPS) is 11.2. The van der Waals surface area contributed by atoms with Crippen molar-refractivity contribution in [3.8, 4) is 5.75 Å². The molecule has 0 amide bonds. The molecule has 2 rings (SSSR count). The first-order valence-corrected chi connectivity index (χ1v) is 6.18. The number of halogens is 3. The van der Waals surface area contributed by atoms with Crippen LogP contribution in [0.3, 0.4) is 0 Å². The summed E-state index contributed by atoms with van der Waals surface area (Å²) in [5.41, 5.74) is 0.276. The first kappa shape index (κ1) is 15.0. The minimum atomic E-state index is -4.61. The van der Waals surface area contributed by atoms with Crippen LogP contribution in [0.15, 0.2) is 18.2 Å². The molecule has 0 saturated carbocycles. The lowest BCUT2D eigenvalue weighted by Crippen LogP contribution is -2.07.